The Morgan fingerprint density at radius 1 is 1.44 bits per heavy atom. The zero-order valence-electron chi connectivity index (χ0n) is 7.75. The average molecular weight is 168 g/mol. The Labute approximate surface area is 101 Å². The summed E-state index contributed by atoms with van der Waals surface area (Å²) in [5.74, 6) is 2.09. The minimum Gasteiger partial charge on any atom is -1.00 e. The maximum absolute atomic E-state index is 9.75. The third kappa shape index (κ3) is 17.7. The van der Waals surface area contributed by atoms with Crippen LogP contribution in [0, 0.1) is 11.6 Å². The second-order valence-corrected chi connectivity index (χ2v) is 2.22. The molecule has 0 aromatic carbocycles. The molecule has 0 fully saturated rings. The van der Waals surface area contributed by atoms with E-state index in [-0.39, 0.29) is 62.0 Å². The molecule has 0 saturated carbocycles. The molecule has 44 valence electrons. The van der Waals surface area contributed by atoms with E-state index in [1.165, 1.54) is 6.92 Å². The molecular weight excluding hydrogens is 161 g/mol. The van der Waals surface area contributed by atoms with Crippen LogP contribution in [0.4, 0.5) is 0 Å². The van der Waals surface area contributed by atoms with Gasteiger partial charge in [-0.15, -0.1) is 0 Å². The van der Waals surface area contributed by atoms with E-state index in [9.17, 15) is 4.57 Å². The molecular formula is C3H7Na2O3P. The first-order valence-electron chi connectivity index (χ1n) is 1.56. The van der Waals surface area contributed by atoms with Crippen molar-refractivity contribution in [1.29, 1.82) is 0 Å². The van der Waals surface area contributed by atoms with Crippen molar-refractivity contribution in [3.05, 3.63) is 0 Å². The van der Waals surface area contributed by atoms with E-state index in [4.69, 9.17) is 9.79 Å². The molecule has 0 rings (SSSR count). The fourth-order valence-electron chi connectivity index (χ4n) is 0.146. The van der Waals surface area contributed by atoms with Crippen molar-refractivity contribution < 1.29 is 76.3 Å². The van der Waals surface area contributed by atoms with Crippen molar-refractivity contribution in [1.82, 2.24) is 0 Å². The minimum absolute atomic E-state index is 0. The first-order chi connectivity index (χ1) is 3.06. The van der Waals surface area contributed by atoms with Gasteiger partial charge in [-0.2, -0.15) is 0 Å². The van der Waals surface area contributed by atoms with Gasteiger partial charge in [0.2, 0.25) is 0 Å². The van der Waals surface area contributed by atoms with Crippen LogP contribution in [0.1, 0.15) is 9.78 Å². The fourth-order valence-corrected chi connectivity index (χ4v) is 0.437. The van der Waals surface area contributed by atoms with Crippen molar-refractivity contribution >= 4 is 7.60 Å². The molecule has 3 nitrogen and oxygen atoms in total. The van der Waals surface area contributed by atoms with Gasteiger partial charge in [-0.3, -0.25) is 0 Å². The van der Waals surface area contributed by atoms with E-state index in [2.05, 4.69) is 5.92 Å². The molecule has 9 heavy (non-hydrogen) atoms. The number of hydrogen-bond acceptors (Lipinski definition) is 1. The molecule has 0 unspecified atom stereocenters. The average Bonchev–Trinajstić information content (AvgIpc) is 1.30. The second-order valence-electron chi connectivity index (χ2n) is 0.906. The van der Waals surface area contributed by atoms with Gasteiger partial charge in [-0.25, -0.2) is 4.57 Å². The van der Waals surface area contributed by atoms with Crippen LogP contribution >= 0.6 is 7.60 Å². The molecule has 0 bridgehead atoms. The molecule has 0 aliphatic rings. The predicted molar refractivity (Wildman–Crippen MR) is 27.7 cm³/mol. The molecule has 0 atom stereocenters. The summed E-state index contributed by atoms with van der Waals surface area (Å²) in [6.45, 7) is 1.37. The zero-order valence-corrected chi connectivity index (χ0v) is 10.6. The van der Waals surface area contributed by atoms with Gasteiger partial charge in [0.05, 0.1) is 0 Å². The van der Waals surface area contributed by atoms with E-state index < -0.39 is 7.60 Å². The summed E-state index contributed by atoms with van der Waals surface area (Å²) in [6.07, 6.45) is 0. The summed E-state index contributed by atoms with van der Waals surface area (Å²) in [4.78, 5) is 15.9. The van der Waals surface area contributed by atoms with Gasteiger partial charge in [-0.05, 0) is 6.92 Å². The smallest absolute Gasteiger partial charge is 1.00 e. The zero-order chi connectivity index (χ0) is 5.91. The summed E-state index contributed by atoms with van der Waals surface area (Å²) < 4.78 is 9.75. The van der Waals surface area contributed by atoms with Gasteiger partial charge >= 0.3 is 66.7 Å². The van der Waals surface area contributed by atoms with Crippen LogP contribution in [0.5, 0.6) is 0 Å². The Hall–Kier alpha value is 1.71. The van der Waals surface area contributed by atoms with E-state index in [1.807, 2.05) is 0 Å². The van der Waals surface area contributed by atoms with E-state index in [0.717, 1.165) is 0 Å². The molecule has 0 aliphatic carbocycles. The van der Waals surface area contributed by atoms with Crippen molar-refractivity contribution in [2.45, 2.75) is 6.92 Å². The molecule has 0 radical (unpaired) electrons. The third-order valence-corrected chi connectivity index (χ3v) is 0.772. The quantitative estimate of drug-likeness (QED) is 0.215. The normalized spacial score (nSPS) is 7.44. The molecule has 6 heteroatoms. The summed E-state index contributed by atoms with van der Waals surface area (Å²) >= 11 is 0. The van der Waals surface area contributed by atoms with Crippen molar-refractivity contribution in [3.8, 4) is 11.6 Å². The third-order valence-electron chi connectivity index (χ3n) is 0.257. The van der Waals surface area contributed by atoms with Crippen LogP contribution in [0.15, 0.2) is 0 Å². The Morgan fingerprint density at radius 3 is 1.78 bits per heavy atom. The van der Waals surface area contributed by atoms with Crippen LogP contribution < -0.4 is 59.1 Å². The first-order valence-corrected chi connectivity index (χ1v) is 3.17. The van der Waals surface area contributed by atoms with Crippen LogP contribution in [0.2, 0.25) is 0 Å². The largest absolute Gasteiger partial charge is 1.00 e. The fraction of sp³-hybridized carbons (Fsp3) is 0.333. The van der Waals surface area contributed by atoms with Gasteiger partial charge in [0.1, 0.15) is 0 Å². The van der Waals surface area contributed by atoms with E-state index >= 15 is 0 Å². The summed E-state index contributed by atoms with van der Waals surface area (Å²) in [7, 11) is -4.03. The summed E-state index contributed by atoms with van der Waals surface area (Å²) in [5.41, 5.74) is 1.70. The molecule has 0 amide bonds. The predicted octanol–water partition coefficient (Wildman–Crippen LogP) is -5.62. The Kier molecular flexibility index (Phi) is 14.7. The maximum Gasteiger partial charge on any atom is 1.00 e. The number of hydrogen-bond donors (Lipinski definition) is 2. The van der Waals surface area contributed by atoms with Crippen molar-refractivity contribution in [2.24, 2.45) is 0 Å². The molecule has 0 aromatic rings. The SMILES string of the molecule is CC#CP(=O)(O)O.[H-].[H-].[Na+].[Na+]. The van der Waals surface area contributed by atoms with E-state index in [1.54, 1.807) is 5.66 Å². The van der Waals surface area contributed by atoms with Crippen LogP contribution in [-0.4, -0.2) is 9.79 Å². The Morgan fingerprint density at radius 2 is 1.78 bits per heavy atom. The minimum atomic E-state index is -4.03. The maximum atomic E-state index is 9.75. The number of rotatable bonds is 0. The summed E-state index contributed by atoms with van der Waals surface area (Å²) in [6, 6.07) is 0. The van der Waals surface area contributed by atoms with Gasteiger partial charge in [0.15, 0.2) is 0 Å². The molecule has 0 aromatic heterocycles. The summed E-state index contributed by atoms with van der Waals surface area (Å²) in [5, 5.41) is 0. The van der Waals surface area contributed by atoms with Gasteiger partial charge in [0.25, 0.3) is 0 Å². The molecule has 2 N–H and O–H groups in total. The van der Waals surface area contributed by atoms with Gasteiger partial charge < -0.3 is 12.6 Å². The first kappa shape index (κ1) is 17.0. The van der Waals surface area contributed by atoms with Crippen LogP contribution in [0.25, 0.3) is 0 Å². The molecule has 0 heterocycles. The topological polar surface area (TPSA) is 57.5 Å². The van der Waals surface area contributed by atoms with E-state index in [0.29, 0.717) is 0 Å². The Bertz CT molecular complexity index is 160. The van der Waals surface area contributed by atoms with Crippen molar-refractivity contribution in [3.63, 3.8) is 0 Å². The molecule has 0 saturated heterocycles. The van der Waals surface area contributed by atoms with Crippen LogP contribution in [-0.2, 0) is 4.57 Å². The van der Waals surface area contributed by atoms with Gasteiger partial charge in [0, 0.05) is 5.66 Å². The van der Waals surface area contributed by atoms with Crippen molar-refractivity contribution in [2.75, 3.05) is 0 Å². The molecule has 0 spiro atoms. The monoisotopic (exact) mass is 168 g/mol. The Balaban J connectivity index is -0.0000000300. The van der Waals surface area contributed by atoms with Crippen LogP contribution in [0.3, 0.4) is 0 Å². The van der Waals surface area contributed by atoms with Gasteiger partial charge in [-0.1, -0.05) is 5.92 Å². The standard InChI is InChI=1S/C3H5O3P.2Na.2H/c1-2-3-7(4,5)6;;;;/h1H3,(H2,4,5,6);;;;/q;2*+1;2*-1. The second kappa shape index (κ2) is 7.81. The molecule has 0 aliphatic heterocycles.